The van der Waals surface area contributed by atoms with E-state index in [0.717, 1.165) is 58.0 Å². The lowest BCUT2D eigenvalue weighted by atomic mass is 9.57. The van der Waals surface area contributed by atoms with Gasteiger partial charge in [-0.1, -0.05) is 25.3 Å². The smallest absolute Gasteiger partial charge is 0.396 e. The van der Waals surface area contributed by atoms with Crippen LogP contribution < -0.4 is 5.32 Å². The van der Waals surface area contributed by atoms with Crippen molar-refractivity contribution in [2.75, 3.05) is 32.1 Å². The Bertz CT molecular complexity index is 1450. The van der Waals surface area contributed by atoms with E-state index in [9.17, 15) is 23.1 Å². The summed E-state index contributed by atoms with van der Waals surface area (Å²) in [6, 6.07) is 6.66. The monoisotopic (exact) mass is 632 g/mol. The number of rotatable bonds is 7. The van der Waals surface area contributed by atoms with Crippen molar-refractivity contribution in [1.82, 2.24) is 14.9 Å². The van der Waals surface area contributed by atoms with Crippen LogP contribution in [0.25, 0.3) is 10.2 Å². The molecule has 1 amide bonds. The quantitative estimate of drug-likeness (QED) is 0.252. The zero-order valence-electron chi connectivity index (χ0n) is 25.7. The molecule has 0 atom stereocenters. The summed E-state index contributed by atoms with van der Waals surface area (Å²) in [5.74, 6) is 0.572. The molecule has 0 radical (unpaired) electrons. The summed E-state index contributed by atoms with van der Waals surface area (Å²) >= 11 is 1.56. The van der Waals surface area contributed by atoms with Gasteiger partial charge in [0.1, 0.15) is 11.4 Å². The van der Waals surface area contributed by atoms with Crippen LogP contribution in [0.4, 0.5) is 18.9 Å². The van der Waals surface area contributed by atoms with Gasteiger partial charge in [0.2, 0.25) is 0 Å². The number of carbonyl (C=O) groups excluding carboxylic acids is 1. The number of fused-ring (bicyclic) bond motifs is 1. The molecule has 240 valence electrons. The number of carbonyl (C=O) groups is 1. The number of aliphatic hydroxyl groups excluding tert-OH is 1. The number of benzene rings is 1. The molecule has 2 aliphatic carbocycles. The number of nitrogens with zero attached hydrogens (tertiary/aromatic N) is 3. The number of halogens is 3. The Morgan fingerprint density at radius 3 is 2.43 bits per heavy atom. The summed E-state index contributed by atoms with van der Waals surface area (Å²) in [5.41, 5.74) is -0.555. The number of pyridine rings is 1. The number of aromatic nitrogens is 2. The molecule has 1 saturated heterocycles. The predicted octanol–water partition coefficient (Wildman–Crippen LogP) is 7.34. The van der Waals surface area contributed by atoms with Gasteiger partial charge >= 0.3 is 6.18 Å². The van der Waals surface area contributed by atoms with Gasteiger partial charge in [-0.05, 0) is 95.0 Å². The number of thiazole rings is 1. The van der Waals surface area contributed by atoms with Gasteiger partial charge in [0, 0.05) is 36.9 Å². The number of aliphatic hydroxyl groups is 2. The molecule has 3 N–H and O–H groups in total. The highest BCUT2D eigenvalue weighted by Crippen LogP contribution is 2.52. The first-order valence-electron chi connectivity index (χ1n) is 15.6. The molecule has 1 aliphatic heterocycles. The lowest BCUT2D eigenvalue weighted by Gasteiger charge is -2.58. The van der Waals surface area contributed by atoms with Crippen LogP contribution in [0.3, 0.4) is 0 Å². The van der Waals surface area contributed by atoms with Crippen LogP contribution in [-0.2, 0) is 11.8 Å². The highest BCUT2D eigenvalue weighted by Gasteiger charge is 2.50. The van der Waals surface area contributed by atoms with E-state index in [-0.39, 0.29) is 5.69 Å². The molecule has 1 spiro atoms. The standard InChI is InChI=1S/C23H24F3N3O2S.C10H19NO/c1-22(2,31)14-11-17-18(32-21(29-17)13-7-4-3-5-8-13)12-16(14)28-20(30)15-9-6-10-19(27-15)23(24,25)26;1-11-7-10(8-11)5-9(6-10)3-2-4-12/h6,9-13,31H,3-5,7-8H2,1-2H3,(H,28,30);9,12H,2-8H2,1H3. The summed E-state index contributed by atoms with van der Waals surface area (Å²) in [4.78, 5) is 23.4. The lowest BCUT2D eigenvalue weighted by molar-refractivity contribution is -0.141. The van der Waals surface area contributed by atoms with Crippen LogP contribution >= 0.6 is 11.3 Å². The molecule has 3 heterocycles. The maximum Gasteiger partial charge on any atom is 0.433 e. The Balaban J connectivity index is 0.000000266. The molecule has 7 nitrogen and oxygen atoms in total. The molecule has 3 aromatic rings. The van der Waals surface area contributed by atoms with Gasteiger partial charge in [-0.25, -0.2) is 9.97 Å². The zero-order chi connectivity index (χ0) is 31.7. The molecule has 11 heteroatoms. The fourth-order valence-corrected chi connectivity index (χ4v) is 8.29. The molecule has 2 aromatic heterocycles. The topological polar surface area (TPSA) is 98.6 Å². The van der Waals surface area contributed by atoms with Crippen molar-refractivity contribution in [2.45, 2.75) is 89.3 Å². The molecule has 6 rings (SSSR count). The molecule has 0 bridgehead atoms. The number of likely N-dealkylation sites (tertiary alicyclic amines) is 1. The molecular weight excluding hydrogens is 589 g/mol. The van der Waals surface area contributed by atoms with Crippen molar-refractivity contribution in [3.63, 3.8) is 0 Å². The van der Waals surface area contributed by atoms with Gasteiger partial charge in [0.05, 0.1) is 20.8 Å². The van der Waals surface area contributed by atoms with Crippen LogP contribution in [0.1, 0.15) is 104 Å². The van der Waals surface area contributed by atoms with E-state index in [2.05, 4.69) is 22.2 Å². The molecule has 0 unspecified atom stereocenters. The number of alkyl halides is 3. The summed E-state index contributed by atoms with van der Waals surface area (Å²) in [7, 11) is 2.20. The third-order valence-corrected chi connectivity index (χ3v) is 10.3. The van der Waals surface area contributed by atoms with Crippen LogP contribution in [0.5, 0.6) is 0 Å². The highest BCUT2D eigenvalue weighted by atomic mass is 32.1. The molecule has 1 aromatic carbocycles. The van der Waals surface area contributed by atoms with Crippen molar-refractivity contribution < 1.29 is 28.2 Å². The second-order valence-corrected chi connectivity index (χ2v) is 14.5. The Kier molecular flexibility index (Phi) is 9.70. The number of nitrogens with one attached hydrogen (secondary N) is 1. The van der Waals surface area contributed by atoms with E-state index in [4.69, 9.17) is 10.1 Å². The van der Waals surface area contributed by atoms with Gasteiger partial charge in [-0.3, -0.25) is 4.79 Å². The van der Waals surface area contributed by atoms with Gasteiger partial charge < -0.3 is 20.4 Å². The minimum atomic E-state index is -4.65. The molecule has 3 aliphatic rings. The minimum absolute atomic E-state index is 0.327. The average molecular weight is 633 g/mol. The average Bonchev–Trinajstić information content (AvgIpc) is 3.36. The Hall–Kier alpha value is -2.60. The second-order valence-electron chi connectivity index (χ2n) is 13.5. The summed E-state index contributed by atoms with van der Waals surface area (Å²) in [6.45, 7) is 6.19. The van der Waals surface area contributed by atoms with E-state index < -0.39 is 23.4 Å². The molecule has 2 saturated carbocycles. The fraction of sp³-hybridized carbons (Fsp3) is 0.606. The Morgan fingerprint density at radius 1 is 1.11 bits per heavy atom. The van der Waals surface area contributed by atoms with Crippen LogP contribution in [0.15, 0.2) is 30.3 Å². The molecule has 3 fully saturated rings. The van der Waals surface area contributed by atoms with Crippen molar-refractivity contribution >= 4 is 33.1 Å². The van der Waals surface area contributed by atoms with Gasteiger partial charge in [0.15, 0.2) is 0 Å². The van der Waals surface area contributed by atoms with Crippen molar-refractivity contribution in [3.05, 3.63) is 52.3 Å². The first-order chi connectivity index (χ1) is 20.8. The fourth-order valence-electron chi connectivity index (χ4n) is 7.14. The van der Waals surface area contributed by atoms with Crippen LogP contribution in [-0.4, -0.2) is 57.7 Å². The second kappa shape index (κ2) is 13.0. The first-order valence-corrected chi connectivity index (χ1v) is 16.4. The van der Waals surface area contributed by atoms with Crippen molar-refractivity contribution in [1.29, 1.82) is 0 Å². The summed E-state index contributed by atoms with van der Waals surface area (Å²) in [6.07, 6.45) is 6.27. The third-order valence-electron chi connectivity index (χ3n) is 9.10. The normalized spacial score (nSPS) is 19.3. The van der Waals surface area contributed by atoms with Gasteiger partial charge in [-0.2, -0.15) is 13.2 Å². The van der Waals surface area contributed by atoms with E-state index in [0.29, 0.717) is 23.8 Å². The summed E-state index contributed by atoms with van der Waals surface area (Å²) < 4.78 is 39.8. The first kappa shape index (κ1) is 32.8. The van der Waals surface area contributed by atoms with Crippen LogP contribution in [0, 0.1) is 11.3 Å². The maximum absolute atomic E-state index is 13.0. The minimum Gasteiger partial charge on any atom is -0.396 e. The van der Waals surface area contributed by atoms with Crippen molar-refractivity contribution in [2.24, 2.45) is 11.3 Å². The Morgan fingerprint density at radius 2 is 1.82 bits per heavy atom. The van der Waals surface area contributed by atoms with Gasteiger partial charge in [0.25, 0.3) is 5.91 Å². The maximum atomic E-state index is 13.0. The third kappa shape index (κ3) is 7.61. The number of hydrogen-bond donors (Lipinski definition) is 3. The summed E-state index contributed by atoms with van der Waals surface area (Å²) in [5, 5.41) is 23.0. The lowest BCUT2D eigenvalue weighted by Crippen LogP contribution is -2.60. The van der Waals surface area contributed by atoms with Crippen molar-refractivity contribution in [3.8, 4) is 0 Å². The highest BCUT2D eigenvalue weighted by molar-refractivity contribution is 7.18. The number of hydrogen-bond acceptors (Lipinski definition) is 7. The molecular formula is C33H43F3N4O3S. The zero-order valence-corrected chi connectivity index (χ0v) is 26.5. The Labute approximate surface area is 260 Å². The van der Waals surface area contributed by atoms with E-state index >= 15 is 0 Å². The number of anilines is 1. The molecule has 44 heavy (non-hydrogen) atoms. The van der Waals surface area contributed by atoms with E-state index in [1.807, 2.05) is 0 Å². The van der Waals surface area contributed by atoms with E-state index in [1.54, 1.807) is 37.3 Å². The largest absolute Gasteiger partial charge is 0.433 e. The SMILES string of the molecule is CC(C)(O)c1cc2nc(C3CCCCC3)sc2cc1NC(=O)c1cccc(C(F)(F)F)n1.CN1CC2(CC(CCCO)C2)C1. The van der Waals surface area contributed by atoms with E-state index in [1.165, 1.54) is 57.7 Å². The predicted molar refractivity (Wildman–Crippen MR) is 167 cm³/mol. The van der Waals surface area contributed by atoms with Gasteiger partial charge in [-0.15, -0.1) is 11.3 Å². The van der Waals surface area contributed by atoms with Crippen LogP contribution in [0.2, 0.25) is 0 Å². The number of amides is 1.